The molecule has 3 N–H and O–H groups in total. The van der Waals surface area contributed by atoms with Crippen LogP contribution < -0.4 is 15.2 Å². The standard InChI is InChI=1S/C20H17ClN4O2S/c1-26-15-8-12(13(21)9-16(15)27-2)18-17-14(22)10-23-19(17)25-20(24-18)28-11-6-4-3-5-7-11/h3-10H,22H2,1-2H3,(H,23,24,25). The minimum Gasteiger partial charge on any atom is -0.493 e. The number of nitrogen functional groups attached to an aromatic ring is 1. The van der Waals surface area contributed by atoms with Gasteiger partial charge in [-0.3, -0.25) is 0 Å². The van der Waals surface area contributed by atoms with E-state index >= 15 is 0 Å². The molecule has 0 aliphatic heterocycles. The van der Waals surface area contributed by atoms with Crippen molar-refractivity contribution < 1.29 is 9.47 Å². The Kier molecular flexibility index (Phi) is 5.02. The zero-order valence-electron chi connectivity index (χ0n) is 15.2. The smallest absolute Gasteiger partial charge is 0.195 e. The second-order valence-electron chi connectivity index (χ2n) is 5.92. The van der Waals surface area contributed by atoms with E-state index in [1.165, 1.54) is 11.8 Å². The van der Waals surface area contributed by atoms with Crippen molar-refractivity contribution in [3.8, 4) is 22.8 Å². The van der Waals surface area contributed by atoms with Gasteiger partial charge in [-0.05, 0) is 30.0 Å². The fourth-order valence-corrected chi connectivity index (χ4v) is 3.93. The van der Waals surface area contributed by atoms with E-state index in [1.807, 2.05) is 30.3 Å². The van der Waals surface area contributed by atoms with Crippen molar-refractivity contribution >= 4 is 40.1 Å². The van der Waals surface area contributed by atoms with Crippen molar-refractivity contribution in [3.63, 3.8) is 0 Å². The van der Waals surface area contributed by atoms with Gasteiger partial charge >= 0.3 is 0 Å². The molecular weight excluding hydrogens is 396 g/mol. The number of nitrogens with two attached hydrogens (primary N) is 1. The maximum Gasteiger partial charge on any atom is 0.195 e. The van der Waals surface area contributed by atoms with Crippen LogP contribution in [0, 0.1) is 0 Å². The third kappa shape index (κ3) is 3.34. The molecule has 0 aliphatic rings. The van der Waals surface area contributed by atoms with Crippen LogP contribution in [0.1, 0.15) is 0 Å². The van der Waals surface area contributed by atoms with Crippen molar-refractivity contribution in [2.24, 2.45) is 0 Å². The first-order valence-corrected chi connectivity index (χ1v) is 9.59. The predicted molar refractivity (Wildman–Crippen MR) is 112 cm³/mol. The number of aromatic nitrogens is 3. The molecule has 28 heavy (non-hydrogen) atoms. The Labute approximate surface area is 171 Å². The second-order valence-corrected chi connectivity index (χ2v) is 7.37. The summed E-state index contributed by atoms with van der Waals surface area (Å²) in [6.45, 7) is 0. The number of methoxy groups -OCH3 is 2. The van der Waals surface area contributed by atoms with Gasteiger partial charge in [0.15, 0.2) is 16.7 Å². The summed E-state index contributed by atoms with van der Waals surface area (Å²) in [7, 11) is 3.14. The average molecular weight is 413 g/mol. The third-order valence-electron chi connectivity index (χ3n) is 4.22. The summed E-state index contributed by atoms with van der Waals surface area (Å²) in [5.74, 6) is 1.10. The third-order valence-corrected chi connectivity index (χ3v) is 5.41. The Morgan fingerprint density at radius 2 is 1.75 bits per heavy atom. The number of fused-ring (bicyclic) bond motifs is 1. The molecule has 2 aromatic heterocycles. The molecule has 0 aliphatic carbocycles. The Morgan fingerprint density at radius 3 is 2.46 bits per heavy atom. The zero-order chi connectivity index (χ0) is 19.7. The molecule has 0 unspecified atom stereocenters. The van der Waals surface area contributed by atoms with E-state index < -0.39 is 0 Å². The lowest BCUT2D eigenvalue weighted by atomic mass is 10.1. The molecule has 0 spiro atoms. The van der Waals surface area contributed by atoms with Crippen LogP contribution in [-0.4, -0.2) is 29.2 Å². The second kappa shape index (κ2) is 7.61. The minimum atomic E-state index is 0.480. The molecule has 142 valence electrons. The monoisotopic (exact) mass is 412 g/mol. The molecule has 0 radical (unpaired) electrons. The molecule has 6 nitrogen and oxygen atoms in total. The maximum absolute atomic E-state index is 6.55. The van der Waals surface area contributed by atoms with Crippen LogP contribution in [-0.2, 0) is 0 Å². The van der Waals surface area contributed by atoms with Crippen LogP contribution in [0.4, 0.5) is 5.69 Å². The number of H-pyrrole nitrogens is 1. The van der Waals surface area contributed by atoms with Crippen LogP contribution in [0.5, 0.6) is 11.5 Å². The van der Waals surface area contributed by atoms with Crippen molar-refractivity contribution in [1.82, 2.24) is 15.0 Å². The Balaban J connectivity index is 1.92. The van der Waals surface area contributed by atoms with Crippen LogP contribution in [0.2, 0.25) is 5.02 Å². The number of nitrogens with one attached hydrogen (secondary N) is 1. The van der Waals surface area contributed by atoms with Gasteiger partial charge in [-0.25, -0.2) is 9.97 Å². The number of rotatable bonds is 5. The number of aromatic amines is 1. The summed E-state index contributed by atoms with van der Waals surface area (Å²) in [5, 5.41) is 1.78. The number of hydrogen-bond donors (Lipinski definition) is 2. The van der Waals surface area contributed by atoms with Gasteiger partial charge in [0.1, 0.15) is 5.65 Å². The van der Waals surface area contributed by atoms with Crippen LogP contribution in [0.3, 0.4) is 0 Å². The zero-order valence-corrected chi connectivity index (χ0v) is 16.8. The lowest BCUT2D eigenvalue weighted by Crippen LogP contribution is -1.97. The molecule has 4 rings (SSSR count). The Bertz CT molecular complexity index is 1150. The fraction of sp³-hybridized carbons (Fsp3) is 0.100. The Morgan fingerprint density at radius 1 is 1.04 bits per heavy atom. The van der Waals surface area contributed by atoms with Crippen molar-refractivity contribution in [2.45, 2.75) is 10.1 Å². The van der Waals surface area contributed by atoms with E-state index in [4.69, 9.17) is 31.8 Å². The first kappa shape index (κ1) is 18.5. The number of hydrogen-bond acceptors (Lipinski definition) is 6. The lowest BCUT2D eigenvalue weighted by Gasteiger charge is -2.13. The molecule has 8 heteroatoms. The number of halogens is 1. The van der Waals surface area contributed by atoms with Gasteiger partial charge in [-0.1, -0.05) is 29.8 Å². The van der Waals surface area contributed by atoms with Gasteiger partial charge in [0, 0.05) is 22.7 Å². The summed E-state index contributed by atoms with van der Waals surface area (Å²) in [5.41, 5.74) is 8.69. The maximum atomic E-state index is 6.55. The number of nitrogens with zero attached hydrogens (tertiary/aromatic N) is 2. The molecular formula is C20H17ClN4O2S. The van der Waals surface area contributed by atoms with Gasteiger partial charge in [0.05, 0.1) is 36.0 Å². The number of anilines is 1. The highest BCUT2D eigenvalue weighted by Gasteiger charge is 2.19. The summed E-state index contributed by atoms with van der Waals surface area (Å²) in [6, 6.07) is 13.4. The highest BCUT2D eigenvalue weighted by Crippen LogP contribution is 2.41. The topological polar surface area (TPSA) is 86.1 Å². The van der Waals surface area contributed by atoms with Crippen LogP contribution in [0.25, 0.3) is 22.3 Å². The van der Waals surface area contributed by atoms with E-state index in [0.29, 0.717) is 49.7 Å². The quantitative estimate of drug-likeness (QED) is 0.447. The first-order chi connectivity index (χ1) is 13.6. The van der Waals surface area contributed by atoms with Crippen LogP contribution >= 0.6 is 23.4 Å². The van der Waals surface area contributed by atoms with Crippen molar-refractivity contribution in [3.05, 3.63) is 53.7 Å². The minimum absolute atomic E-state index is 0.480. The van der Waals surface area contributed by atoms with Gasteiger partial charge in [-0.15, -0.1) is 0 Å². The predicted octanol–water partition coefficient (Wildman–Crippen LogP) is 5.03. The normalized spacial score (nSPS) is 11.0. The SMILES string of the molecule is COc1cc(Cl)c(-c2nc(Sc3ccccc3)nc3[nH]cc(N)c23)cc1OC. The first-order valence-electron chi connectivity index (χ1n) is 8.40. The molecule has 0 atom stereocenters. The lowest BCUT2D eigenvalue weighted by molar-refractivity contribution is 0.355. The number of ether oxygens (including phenoxy) is 2. The van der Waals surface area contributed by atoms with E-state index in [0.717, 1.165) is 4.90 Å². The Hall–Kier alpha value is -2.90. The highest BCUT2D eigenvalue weighted by atomic mass is 35.5. The molecule has 0 fully saturated rings. The van der Waals surface area contributed by atoms with E-state index in [9.17, 15) is 0 Å². The van der Waals surface area contributed by atoms with E-state index in [1.54, 1.807) is 32.5 Å². The van der Waals surface area contributed by atoms with Gasteiger partial charge in [-0.2, -0.15) is 0 Å². The van der Waals surface area contributed by atoms with E-state index in [2.05, 4.69) is 9.97 Å². The van der Waals surface area contributed by atoms with Gasteiger partial charge < -0.3 is 20.2 Å². The molecule has 0 saturated heterocycles. The molecule has 2 aromatic carbocycles. The molecule has 0 amide bonds. The fourth-order valence-electron chi connectivity index (χ4n) is 2.91. The average Bonchev–Trinajstić information content (AvgIpc) is 3.09. The molecule has 0 bridgehead atoms. The van der Waals surface area contributed by atoms with E-state index in [-0.39, 0.29) is 0 Å². The summed E-state index contributed by atoms with van der Waals surface area (Å²) < 4.78 is 10.8. The molecule has 4 aromatic rings. The van der Waals surface area contributed by atoms with Gasteiger partial charge in [0.25, 0.3) is 0 Å². The summed E-state index contributed by atoms with van der Waals surface area (Å²) in [4.78, 5) is 13.5. The largest absolute Gasteiger partial charge is 0.493 e. The molecule has 0 saturated carbocycles. The highest BCUT2D eigenvalue weighted by molar-refractivity contribution is 7.99. The van der Waals surface area contributed by atoms with Crippen molar-refractivity contribution in [2.75, 3.05) is 20.0 Å². The number of benzene rings is 2. The molecule has 2 heterocycles. The van der Waals surface area contributed by atoms with Gasteiger partial charge in [0.2, 0.25) is 0 Å². The summed E-state index contributed by atoms with van der Waals surface area (Å²) in [6.07, 6.45) is 1.70. The van der Waals surface area contributed by atoms with Crippen molar-refractivity contribution in [1.29, 1.82) is 0 Å². The van der Waals surface area contributed by atoms with Crippen LogP contribution in [0.15, 0.2) is 58.7 Å². The summed E-state index contributed by atoms with van der Waals surface area (Å²) >= 11 is 8.01.